The van der Waals surface area contributed by atoms with Crippen LogP contribution >= 0.6 is 0 Å². The van der Waals surface area contributed by atoms with Crippen LogP contribution in [-0.4, -0.2) is 26.2 Å². The van der Waals surface area contributed by atoms with Crippen molar-refractivity contribution in [3.63, 3.8) is 0 Å². The molecule has 3 rings (SSSR count). The molecular formula is C20H28N4O4. The van der Waals surface area contributed by atoms with Crippen LogP contribution in [0.15, 0.2) is 21.5 Å². The largest absolute Gasteiger partial charge is 0.339 e. The van der Waals surface area contributed by atoms with Gasteiger partial charge in [-0.3, -0.25) is 14.8 Å². The van der Waals surface area contributed by atoms with Crippen molar-refractivity contribution < 1.29 is 14.5 Å². The van der Waals surface area contributed by atoms with Crippen LogP contribution in [0.5, 0.6) is 0 Å². The lowest BCUT2D eigenvalue weighted by Crippen LogP contribution is -2.21. The Balaban J connectivity index is 1.69. The number of amides is 1. The molecule has 0 aromatic carbocycles. The highest BCUT2D eigenvalue weighted by Gasteiger charge is 2.24. The van der Waals surface area contributed by atoms with E-state index in [1.807, 2.05) is 0 Å². The molecule has 2 aromatic rings. The highest BCUT2D eigenvalue weighted by molar-refractivity contribution is 5.75. The second kappa shape index (κ2) is 9.64. The number of aromatic nitrogens is 3. The highest BCUT2D eigenvalue weighted by atomic mass is 16.5. The van der Waals surface area contributed by atoms with Crippen molar-refractivity contribution in [1.29, 1.82) is 0 Å². The molecule has 0 bridgehead atoms. The fourth-order valence-corrected chi connectivity index (χ4v) is 3.97. The number of nitrogens with one attached hydrogen (secondary N) is 2. The number of rotatable bonds is 8. The Labute approximate surface area is 163 Å². The van der Waals surface area contributed by atoms with Gasteiger partial charge in [0.15, 0.2) is 0 Å². The Hall–Kier alpha value is -2.48. The van der Waals surface area contributed by atoms with Crippen LogP contribution < -0.4 is 11.0 Å². The van der Waals surface area contributed by atoms with Crippen molar-refractivity contribution in [1.82, 2.24) is 20.6 Å². The van der Waals surface area contributed by atoms with Gasteiger partial charge in [0.2, 0.25) is 17.6 Å². The van der Waals surface area contributed by atoms with Gasteiger partial charge in [-0.2, -0.15) is 4.98 Å². The molecule has 0 radical (unpaired) electrons. The minimum absolute atomic E-state index is 0.0626. The lowest BCUT2D eigenvalue weighted by Gasteiger charge is -2.22. The molecule has 0 aliphatic heterocycles. The zero-order chi connectivity index (χ0) is 19.9. The smallest absolute Gasteiger partial charge is 0.259 e. The van der Waals surface area contributed by atoms with Gasteiger partial charge >= 0.3 is 0 Å². The molecule has 1 atom stereocenters. The summed E-state index contributed by atoms with van der Waals surface area (Å²) in [6, 6.07) is 3.43. The Morgan fingerprint density at radius 2 is 2.14 bits per heavy atom. The summed E-state index contributed by atoms with van der Waals surface area (Å²) in [5.74, 6) is 0.503. The van der Waals surface area contributed by atoms with Gasteiger partial charge < -0.3 is 9.51 Å². The number of hydrogen-bond donors (Lipinski definition) is 3. The zero-order valence-electron chi connectivity index (χ0n) is 16.2. The predicted molar refractivity (Wildman–Crippen MR) is 103 cm³/mol. The molecule has 1 aliphatic carbocycles. The quantitative estimate of drug-likeness (QED) is 0.470. The Morgan fingerprint density at radius 1 is 1.36 bits per heavy atom. The molecule has 152 valence electrons. The number of pyridine rings is 1. The van der Waals surface area contributed by atoms with E-state index in [2.05, 4.69) is 15.1 Å². The second-order valence-electron chi connectivity index (χ2n) is 7.71. The summed E-state index contributed by atoms with van der Waals surface area (Å²) < 4.78 is 5.38. The summed E-state index contributed by atoms with van der Waals surface area (Å²) in [6.45, 7) is 1.79. The first-order valence-electron chi connectivity index (χ1n) is 10.0. The molecule has 0 spiro atoms. The molecule has 8 nitrogen and oxygen atoms in total. The third-order valence-corrected chi connectivity index (χ3v) is 5.53. The number of carbonyl (C=O) groups excluding carboxylic acids is 1. The average Bonchev–Trinajstić information content (AvgIpc) is 3.17. The van der Waals surface area contributed by atoms with E-state index >= 15 is 0 Å². The van der Waals surface area contributed by atoms with Crippen molar-refractivity contribution in [3.8, 4) is 11.4 Å². The normalized spacial score (nSPS) is 16.1. The van der Waals surface area contributed by atoms with Crippen LogP contribution in [0.1, 0.15) is 75.3 Å². The Kier molecular flexibility index (Phi) is 6.97. The average molecular weight is 388 g/mol. The van der Waals surface area contributed by atoms with Gasteiger partial charge in [0, 0.05) is 18.0 Å². The van der Waals surface area contributed by atoms with Crippen LogP contribution in [0.25, 0.3) is 11.4 Å². The predicted octanol–water partition coefficient (Wildman–Crippen LogP) is 3.46. The molecule has 2 heterocycles. The van der Waals surface area contributed by atoms with Crippen molar-refractivity contribution in [2.24, 2.45) is 5.92 Å². The van der Waals surface area contributed by atoms with Gasteiger partial charge in [-0.05, 0) is 31.4 Å². The van der Waals surface area contributed by atoms with Gasteiger partial charge in [0.05, 0.1) is 5.56 Å². The van der Waals surface area contributed by atoms with Gasteiger partial charge in [0.25, 0.3) is 5.56 Å². The number of aromatic amines is 1. The summed E-state index contributed by atoms with van der Waals surface area (Å²) >= 11 is 0. The molecule has 0 saturated heterocycles. The molecule has 1 aliphatic rings. The Bertz CT molecular complexity index is 839. The number of nitrogens with zero attached hydrogens (tertiary/aromatic N) is 2. The molecule has 1 amide bonds. The van der Waals surface area contributed by atoms with E-state index in [1.165, 1.54) is 32.1 Å². The summed E-state index contributed by atoms with van der Waals surface area (Å²) in [5.41, 5.74) is 2.47. The summed E-state index contributed by atoms with van der Waals surface area (Å²) in [4.78, 5) is 30.9. The molecule has 1 fully saturated rings. The maximum atomic E-state index is 12.1. The van der Waals surface area contributed by atoms with E-state index in [-0.39, 0.29) is 23.7 Å². The van der Waals surface area contributed by atoms with Crippen LogP contribution in [0, 0.1) is 12.8 Å². The number of aryl methyl sites for hydroxylation is 1. The maximum Gasteiger partial charge on any atom is 0.259 e. The number of carbonyl (C=O) groups is 1. The van der Waals surface area contributed by atoms with E-state index in [1.54, 1.807) is 24.5 Å². The summed E-state index contributed by atoms with van der Waals surface area (Å²) in [6.07, 6.45) is 9.36. The molecule has 2 aromatic heterocycles. The third kappa shape index (κ3) is 5.28. The van der Waals surface area contributed by atoms with Gasteiger partial charge in [0.1, 0.15) is 0 Å². The topological polar surface area (TPSA) is 121 Å². The highest BCUT2D eigenvalue weighted by Crippen LogP contribution is 2.31. The van der Waals surface area contributed by atoms with Crippen molar-refractivity contribution in [3.05, 3.63) is 34.1 Å². The van der Waals surface area contributed by atoms with Gasteiger partial charge in [-0.25, -0.2) is 5.48 Å². The van der Waals surface area contributed by atoms with E-state index in [0.29, 0.717) is 11.5 Å². The summed E-state index contributed by atoms with van der Waals surface area (Å²) in [7, 11) is 0. The lowest BCUT2D eigenvalue weighted by molar-refractivity contribution is -0.129. The van der Waals surface area contributed by atoms with Crippen LogP contribution in [0.3, 0.4) is 0 Å². The van der Waals surface area contributed by atoms with E-state index < -0.39 is 5.91 Å². The lowest BCUT2D eigenvalue weighted by atomic mass is 9.84. The van der Waals surface area contributed by atoms with Crippen molar-refractivity contribution >= 4 is 5.91 Å². The second-order valence-corrected chi connectivity index (χ2v) is 7.71. The van der Waals surface area contributed by atoms with Crippen molar-refractivity contribution in [2.75, 3.05) is 0 Å². The molecule has 3 N–H and O–H groups in total. The molecule has 0 unspecified atom stereocenters. The first-order chi connectivity index (χ1) is 13.6. The molecular weight excluding hydrogens is 360 g/mol. The maximum absolute atomic E-state index is 12.1. The minimum atomic E-state index is -0.490. The first-order valence-corrected chi connectivity index (χ1v) is 10.0. The molecule has 8 heteroatoms. The third-order valence-electron chi connectivity index (χ3n) is 5.53. The van der Waals surface area contributed by atoms with E-state index in [0.717, 1.165) is 30.9 Å². The fourth-order valence-electron chi connectivity index (χ4n) is 3.97. The monoisotopic (exact) mass is 388 g/mol. The van der Waals surface area contributed by atoms with Crippen molar-refractivity contribution in [2.45, 2.75) is 70.6 Å². The number of hydroxylamine groups is 1. The number of hydrogen-bond acceptors (Lipinski definition) is 6. The standard InChI is InChI=1S/C20H28N4O4/c1-13-10-11-16(19(26)21-13)18-22-20(28-24-18)15(12-17(25)23-27)9-5-8-14-6-3-2-4-7-14/h10-11,14-15,27H,2-9,12H2,1H3,(H,21,26)(H,23,25)/t15-/m1/s1. The Morgan fingerprint density at radius 3 is 2.86 bits per heavy atom. The fraction of sp³-hybridized carbons (Fsp3) is 0.600. The van der Waals surface area contributed by atoms with Gasteiger partial charge in [-0.15, -0.1) is 0 Å². The van der Waals surface area contributed by atoms with E-state index in [9.17, 15) is 9.59 Å². The zero-order valence-corrected chi connectivity index (χ0v) is 16.2. The molecule has 28 heavy (non-hydrogen) atoms. The van der Waals surface area contributed by atoms with Gasteiger partial charge in [-0.1, -0.05) is 50.1 Å². The molecule has 1 saturated carbocycles. The van der Waals surface area contributed by atoms with Crippen LogP contribution in [0.4, 0.5) is 0 Å². The summed E-state index contributed by atoms with van der Waals surface area (Å²) in [5, 5.41) is 12.8. The number of H-pyrrole nitrogens is 1. The first kappa shape index (κ1) is 20.3. The minimum Gasteiger partial charge on any atom is -0.339 e. The van der Waals surface area contributed by atoms with E-state index in [4.69, 9.17) is 9.73 Å². The van der Waals surface area contributed by atoms with Crippen LogP contribution in [-0.2, 0) is 4.79 Å². The van der Waals surface area contributed by atoms with Crippen LogP contribution in [0.2, 0.25) is 0 Å². The SMILES string of the molecule is Cc1ccc(-c2noc([C@H](CCCC3CCCCC3)CC(=O)NO)n2)c(=O)[nH]1.